The highest BCUT2D eigenvalue weighted by molar-refractivity contribution is 5.97. The fourth-order valence-electron chi connectivity index (χ4n) is 2.06. The minimum Gasteiger partial charge on any atom is -0.466 e. The Morgan fingerprint density at radius 2 is 1.80 bits per heavy atom. The molecule has 0 atom stereocenters. The van der Waals surface area contributed by atoms with Crippen molar-refractivity contribution >= 4 is 23.8 Å². The molecular formula is C18H19N3O4. The summed E-state index contributed by atoms with van der Waals surface area (Å²) >= 11 is 0. The first-order valence-electron chi connectivity index (χ1n) is 7.63. The van der Waals surface area contributed by atoms with Crippen molar-refractivity contribution in [2.45, 2.75) is 13.8 Å². The Morgan fingerprint density at radius 1 is 1.08 bits per heavy atom. The summed E-state index contributed by atoms with van der Waals surface area (Å²) in [5.74, 6) is -0.382. The van der Waals surface area contributed by atoms with Crippen molar-refractivity contribution in [3.63, 3.8) is 0 Å². The van der Waals surface area contributed by atoms with Gasteiger partial charge in [0.15, 0.2) is 0 Å². The van der Waals surface area contributed by atoms with Crippen LogP contribution in [0.2, 0.25) is 0 Å². The molecule has 1 heterocycles. The molecule has 0 spiro atoms. The van der Waals surface area contributed by atoms with Crippen molar-refractivity contribution in [2.24, 2.45) is 0 Å². The summed E-state index contributed by atoms with van der Waals surface area (Å²) in [4.78, 5) is 35.2. The van der Waals surface area contributed by atoms with Crippen LogP contribution in [0.15, 0.2) is 46.9 Å². The maximum atomic E-state index is 11.9. The third-order valence-electron chi connectivity index (χ3n) is 3.25. The lowest BCUT2D eigenvalue weighted by atomic mass is 10.2. The van der Waals surface area contributed by atoms with Gasteiger partial charge in [-0.2, -0.15) is 0 Å². The van der Waals surface area contributed by atoms with E-state index in [9.17, 15) is 14.4 Å². The molecule has 2 aromatic rings. The maximum Gasteiger partial charge on any atom is 0.273 e. The molecule has 0 aliphatic heterocycles. The summed E-state index contributed by atoms with van der Waals surface area (Å²) in [6.07, 6.45) is 2.97. The highest BCUT2D eigenvalue weighted by atomic mass is 16.3. The molecule has 25 heavy (non-hydrogen) atoms. The van der Waals surface area contributed by atoms with Crippen LogP contribution in [-0.4, -0.2) is 24.3 Å². The summed E-state index contributed by atoms with van der Waals surface area (Å²) in [5, 5.41) is 2.42. The molecule has 0 aliphatic rings. The van der Waals surface area contributed by atoms with Gasteiger partial charge in [-0.3, -0.25) is 25.2 Å². The van der Waals surface area contributed by atoms with Gasteiger partial charge >= 0.3 is 0 Å². The molecular weight excluding hydrogens is 322 g/mol. The molecule has 0 aliphatic carbocycles. The SMILES string of the molecule is Cc1cc(C(=O)NNC(=O)CNC(=O)/C=C/c2ccccc2)c(C)o1. The zero-order chi connectivity index (χ0) is 18.2. The number of amides is 3. The number of carbonyl (C=O) groups is 3. The van der Waals surface area contributed by atoms with Crippen molar-refractivity contribution < 1.29 is 18.8 Å². The fraction of sp³-hybridized carbons (Fsp3) is 0.167. The Morgan fingerprint density at radius 3 is 2.44 bits per heavy atom. The number of hydrazine groups is 1. The topological polar surface area (TPSA) is 100 Å². The Balaban J connectivity index is 1.73. The van der Waals surface area contributed by atoms with Gasteiger partial charge in [-0.15, -0.1) is 0 Å². The lowest BCUT2D eigenvalue weighted by Gasteiger charge is -2.07. The second-order valence-corrected chi connectivity index (χ2v) is 5.29. The summed E-state index contributed by atoms with van der Waals surface area (Å²) in [6.45, 7) is 3.12. The number of rotatable bonds is 5. The van der Waals surface area contributed by atoms with Crippen molar-refractivity contribution in [1.82, 2.24) is 16.2 Å². The van der Waals surface area contributed by atoms with Gasteiger partial charge in [-0.25, -0.2) is 0 Å². The van der Waals surface area contributed by atoms with E-state index in [1.165, 1.54) is 6.08 Å². The van der Waals surface area contributed by atoms with Gasteiger partial charge in [-0.1, -0.05) is 30.3 Å². The molecule has 1 aromatic heterocycles. The average molecular weight is 341 g/mol. The summed E-state index contributed by atoms with van der Waals surface area (Å²) < 4.78 is 5.25. The number of nitrogens with one attached hydrogen (secondary N) is 3. The smallest absolute Gasteiger partial charge is 0.273 e. The van der Waals surface area contributed by atoms with Crippen LogP contribution < -0.4 is 16.2 Å². The van der Waals surface area contributed by atoms with Crippen LogP contribution in [0.25, 0.3) is 6.08 Å². The van der Waals surface area contributed by atoms with E-state index in [2.05, 4.69) is 16.2 Å². The van der Waals surface area contributed by atoms with Crippen LogP contribution in [0.1, 0.15) is 27.4 Å². The monoisotopic (exact) mass is 341 g/mol. The predicted molar refractivity (Wildman–Crippen MR) is 92.3 cm³/mol. The molecule has 0 unspecified atom stereocenters. The molecule has 3 amide bonds. The number of hydrogen-bond acceptors (Lipinski definition) is 4. The van der Waals surface area contributed by atoms with Gasteiger partial charge < -0.3 is 9.73 Å². The Kier molecular flexibility index (Phi) is 6.11. The quantitative estimate of drug-likeness (QED) is 0.566. The van der Waals surface area contributed by atoms with E-state index in [-0.39, 0.29) is 6.54 Å². The summed E-state index contributed by atoms with van der Waals surface area (Å²) in [6, 6.07) is 10.9. The van der Waals surface area contributed by atoms with Crippen molar-refractivity contribution in [1.29, 1.82) is 0 Å². The zero-order valence-electron chi connectivity index (χ0n) is 14.0. The largest absolute Gasteiger partial charge is 0.466 e. The maximum absolute atomic E-state index is 11.9. The third kappa shape index (κ3) is 5.65. The molecule has 3 N–H and O–H groups in total. The minimum atomic E-state index is -0.548. The van der Waals surface area contributed by atoms with Crippen LogP contribution in [0.3, 0.4) is 0 Å². The summed E-state index contributed by atoms with van der Waals surface area (Å²) in [7, 11) is 0. The third-order valence-corrected chi connectivity index (χ3v) is 3.25. The van der Waals surface area contributed by atoms with Crippen LogP contribution in [0.5, 0.6) is 0 Å². The van der Waals surface area contributed by atoms with E-state index in [4.69, 9.17) is 4.42 Å². The molecule has 2 rings (SSSR count). The predicted octanol–water partition coefficient (Wildman–Crippen LogP) is 1.49. The van der Waals surface area contributed by atoms with Gasteiger partial charge in [0.2, 0.25) is 5.91 Å². The van der Waals surface area contributed by atoms with E-state index in [0.29, 0.717) is 17.1 Å². The fourth-order valence-corrected chi connectivity index (χ4v) is 2.06. The molecule has 0 bridgehead atoms. The molecule has 0 saturated carbocycles. The number of aryl methyl sites for hydroxylation is 2. The Hall–Kier alpha value is -3.35. The zero-order valence-corrected chi connectivity index (χ0v) is 14.0. The molecule has 1 aromatic carbocycles. The first-order chi connectivity index (χ1) is 12.0. The van der Waals surface area contributed by atoms with Gasteiger partial charge in [0.1, 0.15) is 11.5 Å². The molecule has 0 radical (unpaired) electrons. The normalized spacial score (nSPS) is 10.5. The highest BCUT2D eigenvalue weighted by Gasteiger charge is 2.14. The Bertz CT molecular complexity index is 794. The van der Waals surface area contributed by atoms with Crippen molar-refractivity contribution in [2.75, 3.05) is 6.54 Å². The van der Waals surface area contributed by atoms with E-state index in [1.54, 1.807) is 26.0 Å². The van der Waals surface area contributed by atoms with Gasteiger partial charge in [0.05, 0.1) is 12.1 Å². The van der Waals surface area contributed by atoms with Crippen molar-refractivity contribution in [3.05, 3.63) is 65.1 Å². The first kappa shape index (κ1) is 18.0. The van der Waals surface area contributed by atoms with Crippen LogP contribution in [-0.2, 0) is 9.59 Å². The lowest BCUT2D eigenvalue weighted by molar-refractivity contribution is -0.124. The van der Waals surface area contributed by atoms with Gasteiger partial charge in [0, 0.05) is 6.08 Å². The van der Waals surface area contributed by atoms with Crippen LogP contribution >= 0.6 is 0 Å². The molecule has 0 fully saturated rings. The highest BCUT2D eigenvalue weighted by Crippen LogP contribution is 2.12. The molecule has 130 valence electrons. The summed E-state index contributed by atoms with van der Waals surface area (Å²) in [5.41, 5.74) is 5.71. The number of hydrogen-bond donors (Lipinski definition) is 3. The van der Waals surface area contributed by atoms with E-state index in [1.807, 2.05) is 30.3 Å². The van der Waals surface area contributed by atoms with Crippen LogP contribution in [0, 0.1) is 13.8 Å². The second-order valence-electron chi connectivity index (χ2n) is 5.29. The minimum absolute atomic E-state index is 0.262. The van der Waals surface area contributed by atoms with E-state index in [0.717, 1.165) is 5.56 Å². The van der Waals surface area contributed by atoms with E-state index < -0.39 is 17.7 Å². The van der Waals surface area contributed by atoms with E-state index >= 15 is 0 Å². The second kappa shape index (κ2) is 8.49. The van der Waals surface area contributed by atoms with Crippen LogP contribution in [0.4, 0.5) is 0 Å². The van der Waals surface area contributed by atoms with Crippen molar-refractivity contribution in [3.8, 4) is 0 Å². The van der Waals surface area contributed by atoms with Gasteiger partial charge in [-0.05, 0) is 31.6 Å². The first-order valence-corrected chi connectivity index (χ1v) is 7.63. The number of carbonyl (C=O) groups excluding carboxylic acids is 3. The molecule has 0 saturated heterocycles. The number of benzene rings is 1. The standard InChI is InChI=1S/C18H19N3O4/c1-12-10-15(13(2)25-12)18(24)21-20-17(23)11-19-16(22)9-8-14-6-4-3-5-7-14/h3-10H,11H2,1-2H3,(H,19,22)(H,20,23)(H,21,24)/b9-8+. The number of furan rings is 1. The Labute approximate surface area is 145 Å². The van der Waals surface area contributed by atoms with Gasteiger partial charge in [0.25, 0.3) is 11.8 Å². The molecule has 7 heteroatoms. The lowest BCUT2D eigenvalue weighted by Crippen LogP contribution is -2.46. The molecule has 7 nitrogen and oxygen atoms in total. The average Bonchev–Trinajstić information content (AvgIpc) is 2.95.